The first-order chi connectivity index (χ1) is 14.4. The van der Waals surface area contributed by atoms with Crippen LogP contribution in [0.2, 0.25) is 0 Å². The van der Waals surface area contributed by atoms with Crippen LogP contribution in [0.15, 0.2) is 60.8 Å². The lowest BCUT2D eigenvalue weighted by Gasteiger charge is -2.26. The van der Waals surface area contributed by atoms with Crippen molar-refractivity contribution in [2.45, 2.75) is 12.3 Å². The Labute approximate surface area is 175 Å². The molecule has 3 aromatic rings. The van der Waals surface area contributed by atoms with Crippen LogP contribution in [0.3, 0.4) is 0 Å². The summed E-state index contributed by atoms with van der Waals surface area (Å²) in [5.74, 6) is -1.98. The molecule has 152 valence electrons. The molecule has 0 aliphatic carbocycles. The van der Waals surface area contributed by atoms with Gasteiger partial charge in [-0.2, -0.15) is 4.39 Å². The van der Waals surface area contributed by atoms with E-state index in [4.69, 9.17) is 4.74 Å². The molecule has 2 aromatic carbocycles. The summed E-state index contributed by atoms with van der Waals surface area (Å²) in [6.45, 7) is 1.77. The number of aromatic nitrogens is 1. The summed E-state index contributed by atoms with van der Waals surface area (Å²) in [5.41, 5.74) is 2.35. The van der Waals surface area contributed by atoms with E-state index < -0.39 is 11.9 Å². The van der Waals surface area contributed by atoms with Crippen molar-refractivity contribution in [3.63, 3.8) is 0 Å². The van der Waals surface area contributed by atoms with Gasteiger partial charge in [0, 0.05) is 11.9 Å². The lowest BCUT2D eigenvalue weighted by atomic mass is 10.1. The molecule has 30 heavy (non-hydrogen) atoms. The zero-order valence-electron chi connectivity index (χ0n) is 15.8. The molecular formula is C22H16F2N2O3S. The molecule has 1 saturated heterocycles. The van der Waals surface area contributed by atoms with Crippen LogP contribution in [0.4, 0.5) is 14.5 Å². The van der Waals surface area contributed by atoms with Gasteiger partial charge in [0.1, 0.15) is 11.2 Å². The van der Waals surface area contributed by atoms with Crippen LogP contribution in [0.1, 0.15) is 26.9 Å². The minimum Gasteiger partial charge on any atom is -0.418 e. The van der Waals surface area contributed by atoms with Crippen molar-refractivity contribution in [1.29, 1.82) is 0 Å². The summed E-state index contributed by atoms with van der Waals surface area (Å²) in [6, 6.07) is 13.6. The van der Waals surface area contributed by atoms with Crippen LogP contribution in [0.25, 0.3) is 0 Å². The molecule has 0 saturated carbocycles. The molecule has 1 amide bonds. The van der Waals surface area contributed by atoms with Gasteiger partial charge in [0.05, 0.1) is 11.3 Å². The van der Waals surface area contributed by atoms with Crippen molar-refractivity contribution in [2.24, 2.45) is 0 Å². The van der Waals surface area contributed by atoms with Gasteiger partial charge in [-0.25, -0.2) is 14.2 Å². The molecule has 0 spiro atoms. The number of aryl methyl sites for hydroxylation is 1. The largest absolute Gasteiger partial charge is 0.418 e. The number of ether oxygens (including phenoxy) is 1. The number of pyridine rings is 1. The predicted octanol–water partition coefficient (Wildman–Crippen LogP) is 4.67. The highest BCUT2D eigenvalue weighted by atomic mass is 32.2. The number of amides is 1. The second-order valence-corrected chi connectivity index (χ2v) is 7.73. The Morgan fingerprint density at radius 2 is 1.93 bits per heavy atom. The smallest absolute Gasteiger partial charge is 0.343 e. The summed E-state index contributed by atoms with van der Waals surface area (Å²) in [7, 11) is 0. The molecule has 1 atom stereocenters. The van der Waals surface area contributed by atoms with Crippen LogP contribution in [0.5, 0.6) is 5.75 Å². The van der Waals surface area contributed by atoms with Crippen molar-refractivity contribution < 1.29 is 23.1 Å². The number of rotatable bonds is 4. The average Bonchev–Trinajstić information content (AvgIpc) is 3.11. The summed E-state index contributed by atoms with van der Waals surface area (Å²) >= 11 is 1.45. The second-order valence-electron chi connectivity index (χ2n) is 6.66. The van der Waals surface area contributed by atoms with Crippen molar-refractivity contribution in [3.05, 3.63) is 89.2 Å². The van der Waals surface area contributed by atoms with Crippen molar-refractivity contribution in [1.82, 2.24) is 4.98 Å². The van der Waals surface area contributed by atoms with E-state index in [1.54, 1.807) is 36.1 Å². The lowest BCUT2D eigenvalue weighted by molar-refractivity contribution is -0.115. The van der Waals surface area contributed by atoms with Gasteiger partial charge in [0.25, 0.3) is 5.95 Å². The molecule has 0 radical (unpaired) electrons. The topological polar surface area (TPSA) is 59.5 Å². The Kier molecular flexibility index (Phi) is 5.50. The quantitative estimate of drug-likeness (QED) is 0.448. The Bertz CT molecular complexity index is 1120. The highest BCUT2D eigenvalue weighted by Gasteiger charge is 2.35. The minimum atomic E-state index is -0.874. The van der Waals surface area contributed by atoms with Gasteiger partial charge in [-0.05, 0) is 60.5 Å². The van der Waals surface area contributed by atoms with E-state index in [0.717, 1.165) is 5.56 Å². The van der Waals surface area contributed by atoms with Gasteiger partial charge < -0.3 is 4.74 Å². The highest BCUT2D eigenvalue weighted by molar-refractivity contribution is 8.00. The van der Waals surface area contributed by atoms with Crippen molar-refractivity contribution in [2.75, 3.05) is 10.7 Å². The van der Waals surface area contributed by atoms with E-state index in [2.05, 4.69) is 4.98 Å². The van der Waals surface area contributed by atoms with Crippen molar-refractivity contribution in [3.8, 4) is 5.75 Å². The molecule has 2 heterocycles. The van der Waals surface area contributed by atoms with E-state index in [1.807, 2.05) is 0 Å². The average molecular weight is 426 g/mol. The minimum absolute atomic E-state index is 0.0785. The standard InChI is InChI=1S/C22H16F2N2O3S/c1-13-11-15(22(28)29-18-3-2-10-25-20(18)24)6-9-17(13)26-19(27)12-30-21(26)14-4-7-16(23)8-5-14/h2-11,21H,12H2,1H3. The maximum Gasteiger partial charge on any atom is 0.343 e. The molecule has 1 aliphatic heterocycles. The van der Waals surface area contributed by atoms with Gasteiger partial charge in [0.15, 0.2) is 5.75 Å². The molecular weight excluding hydrogens is 410 g/mol. The number of thioether (sulfide) groups is 1. The number of hydrogen-bond donors (Lipinski definition) is 0. The maximum atomic E-state index is 13.6. The first-order valence-corrected chi connectivity index (χ1v) is 10.1. The number of benzene rings is 2. The van der Waals surface area contributed by atoms with E-state index in [9.17, 15) is 18.4 Å². The fourth-order valence-corrected chi connectivity index (χ4v) is 4.39. The SMILES string of the molecule is Cc1cc(C(=O)Oc2cccnc2F)ccc1N1C(=O)CSC1c1ccc(F)cc1. The summed E-state index contributed by atoms with van der Waals surface area (Å²) in [5, 5.41) is -0.293. The zero-order chi connectivity index (χ0) is 21.3. The molecule has 4 rings (SSSR count). The third-order valence-corrected chi connectivity index (χ3v) is 5.85. The summed E-state index contributed by atoms with van der Waals surface area (Å²) < 4.78 is 32.0. The Balaban J connectivity index is 1.60. The first-order valence-electron chi connectivity index (χ1n) is 9.06. The third kappa shape index (κ3) is 3.91. The number of esters is 1. The first kappa shape index (κ1) is 20.0. The third-order valence-electron chi connectivity index (χ3n) is 4.64. The maximum absolute atomic E-state index is 13.6. The van der Waals surface area contributed by atoms with Crippen LogP contribution < -0.4 is 9.64 Å². The van der Waals surface area contributed by atoms with E-state index in [0.29, 0.717) is 17.0 Å². The van der Waals surface area contributed by atoms with E-state index >= 15 is 0 Å². The lowest BCUT2D eigenvalue weighted by Crippen LogP contribution is -2.28. The Hall–Kier alpha value is -3.26. The number of anilines is 1. The van der Waals surface area contributed by atoms with Crippen LogP contribution >= 0.6 is 11.8 Å². The molecule has 5 nitrogen and oxygen atoms in total. The van der Waals surface area contributed by atoms with Gasteiger partial charge >= 0.3 is 5.97 Å². The molecule has 1 aliphatic rings. The van der Waals surface area contributed by atoms with E-state index in [-0.39, 0.29) is 28.4 Å². The fourth-order valence-electron chi connectivity index (χ4n) is 3.22. The fraction of sp³-hybridized carbons (Fsp3) is 0.136. The van der Waals surface area contributed by atoms with Crippen LogP contribution in [0, 0.1) is 18.7 Å². The van der Waals surface area contributed by atoms with E-state index in [1.165, 1.54) is 48.3 Å². The molecule has 8 heteroatoms. The zero-order valence-corrected chi connectivity index (χ0v) is 16.7. The normalized spacial score (nSPS) is 16.0. The number of hydrogen-bond acceptors (Lipinski definition) is 5. The van der Waals surface area contributed by atoms with Crippen molar-refractivity contribution >= 4 is 29.3 Å². The van der Waals surface area contributed by atoms with Gasteiger partial charge in [-0.3, -0.25) is 9.69 Å². The predicted molar refractivity (Wildman–Crippen MR) is 109 cm³/mol. The van der Waals surface area contributed by atoms with Crippen LogP contribution in [-0.4, -0.2) is 22.6 Å². The number of nitrogens with zero attached hydrogens (tertiary/aromatic N) is 2. The Morgan fingerprint density at radius 1 is 1.17 bits per heavy atom. The molecule has 1 aromatic heterocycles. The molecule has 0 bridgehead atoms. The number of carbonyl (C=O) groups is 2. The van der Waals surface area contributed by atoms with Gasteiger partial charge in [-0.15, -0.1) is 11.8 Å². The second kappa shape index (κ2) is 8.23. The Morgan fingerprint density at radius 3 is 2.63 bits per heavy atom. The monoisotopic (exact) mass is 426 g/mol. The van der Waals surface area contributed by atoms with Gasteiger partial charge in [0.2, 0.25) is 5.91 Å². The highest BCUT2D eigenvalue weighted by Crippen LogP contribution is 2.42. The summed E-state index contributed by atoms with van der Waals surface area (Å²) in [4.78, 5) is 30.1. The summed E-state index contributed by atoms with van der Waals surface area (Å²) in [6.07, 6.45) is 1.26. The van der Waals surface area contributed by atoms with Gasteiger partial charge in [-0.1, -0.05) is 12.1 Å². The number of halogens is 2. The number of carbonyl (C=O) groups excluding carboxylic acids is 2. The molecule has 1 unspecified atom stereocenters. The molecule has 0 N–H and O–H groups in total. The molecule has 1 fully saturated rings. The van der Waals surface area contributed by atoms with Crippen LogP contribution in [-0.2, 0) is 4.79 Å².